The molecule has 0 radical (unpaired) electrons. The molecular formula is C14H18N4O3. The van der Waals surface area contributed by atoms with E-state index in [0.29, 0.717) is 18.8 Å². The lowest BCUT2D eigenvalue weighted by Crippen LogP contribution is -2.32. The van der Waals surface area contributed by atoms with E-state index in [2.05, 4.69) is 10.3 Å². The molecule has 2 rings (SSSR count). The van der Waals surface area contributed by atoms with Gasteiger partial charge in [0.1, 0.15) is 11.8 Å². The van der Waals surface area contributed by atoms with E-state index in [1.807, 2.05) is 30.3 Å². The number of para-hydroxylation sites is 1. The van der Waals surface area contributed by atoms with Gasteiger partial charge in [-0.25, -0.2) is 0 Å². The van der Waals surface area contributed by atoms with Crippen molar-refractivity contribution >= 4 is 5.97 Å². The van der Waals surface area contributed by atoms with Crippen molar-refractivity contribution in [3.05, 3.63) is 42.2 Å². The van der Waals surface area contributed by atoms with Gasteiger partial charge in [-0.15, -0.1) is 5.10 Å². The Hall–Kier alpha value is -2.41. The van der Waals surface area contributed by atoms with Crippen LogP contribution in [0.15, 0.2) is 36.5 Å². The number of hydrogen-bond donors (Lipinski definition) is 2. The van der Waals surface area contributed by atoms with Crippen molar-refractivity contribution in [1.29, 1.82) is 0 Å². The maximum absolute atomic E-state index is 10.7. The minimum absolute atomic E-state index is 0.176. The Balaban J connectivity index is 1.72. The van der Waals surface area contributed by atoms with Crippen molar-refractivity contribution in [2.24, 2.45) is 5.73 Å². The summed E-state index contributed by atoms with van der Waals surface area (Å²) in [6.07, 6.45) is 2.67. The Morgan fingerprint density at radius 2 is 2.14 bits per heavy atom. The average Bonchev–Trinajstić information content (AvgIpc) is 2.92. The zero-order chi connectivity index (χ0) is 15.1. The van der Waals surface area contributed by atoms with Gasteiger partial charge in [-0.2, -0.15) is 0 Å². The first-order chi connectivity index (χ1) is 10.1. The first kappa shape index (κ1) is 15.0. The molecule has 0 saturated heterocycles. The summed E-state index contributed by atoms with van der Waals surface area (Å²) in [5, 5.41) is 16.6. The molecule has 2 aromatic rings. The summed E-state index contributed by atoms with van der Waals surface area (Å²) < 4.78 is 7.24. The number of benzene rings is 1. The van der Waals surface area contributed by atoms with Gasteiger partial charge in [0.05, 0.1) is 12.3 Å². The molecule has 3 N–H and O–H groups in total. The molecule has 0 fully saturated rings. The maximum atomic E-state index is 10.7. The smallest absolute Gasteiger partial charge is 0.320 e. The van der Waals surface area contributed by atoms with Crippen LogP contribution in [0.5, 0.6) is 5.75 Å². The number of carboxylic acid groups (broad SMARTS) is 1. The summed E-state index contributed by atoms with van der Waals surface area (Å²) in [4.78, 5) is 10.7. The summed E-state index contributed by atoms with van der Waals surface area (Å²) in [7, 11) is 0. The SMILES string of the molecule is NC(Cc1cn(CCCOc2ccccc2)nn1)C(=O)O. The van der Waals surface area contributed by atoms with Crippen LogP contribution in [0.3, 0.4) is 0 Å². The molecule has 7 heteroatoms. The average molecular weight is 290 g/mol. The summed E-state index contributed by atoms with van der Waals surface area (Å²) in [5.74, 6) is -0.204. The molecule has 1 atom stereocenters. The second-order valence-electron chi connectivity index (χ2n) is 4.64. The molecule has 0 bridgehead atoms. The zero-order valence-corrected chi connectivity index (χ0v) is 11.6. The van der Waals surface area contributed by atoms with Gasteiger partial charge in [-0.05, 0) is 12.1 Å². The third-order valence-electron chi connectivity index (χ3n) is 2.88. The maximum Gasteiger partial charge on any atom is 0.320 e. The number of carboxylic acids is 1. The largest absolute Gasteiger partial charge is 0.494 e. The van der Waals surface area contributed by atoms with Crippen molar-refractivity contribution in [3.8, 4) is 5.75 Å². The molecule has 1 unspecified atom stereocenters. The van der Waals surface area contributed by atoms with Crippen LogP contribution in [0.4, 0.5) is 0 Å². The van der Waals surface area contributed by atoms with Crippen LogP contribution in [0.25, 0.3) is 0 Å². The minimum Gasteiger partial charge on any atom is -0.494 e. The molecule has 0 saturated carbocycles. The second kappa shape index (κ2) is 7.39. The molecule has 1 heterocycles. The third kappa shape index (κ3) is 4.88. The van der Waals surface area contributed by atoms with E-state index in [1.54, 1.807) is 10.9 Å². The monoisotopic (exact) mass is 290 g/mol. The predicted molar refractivity (Wildman–Crippen MR) is 75.9 cm³/mol. The molecule has 0 aliphatic rings. The molecule has 1 aromatic heterocycles. The first-order valence-corrected chi connectivity index (χ1v) is 6.70. The van der Waals surface area contributed by atoms with Gasteiger partial charge in [0, 0.05) is 25.6 Å². The highest BCUT2D eigenvalue weighted by atomic mass is 16.5. The van der Waals surface area contributed by atoms with Crippen LogP contribution in [-0.2, 0) is 17.8 Å². The fraction of sp³-hybridized carbons (Fsp3) is 0.357. The van der Waals surface area contributed by atoms with Crippen LogP contribution in [0.1, 0.15) is 12.1 Å². The quantitative estimate of drug-likeness (QED) is 0.694. The molecule has 0 aliphatic heterocycles. The van der Waals surface area contributed by atoms with E-state index in [0.717, 1.165) is 12.2 Å². The van der Waals surface area contributed by atoms with Crippen LogP contribution >= 0.6 is 0 Å². The van der Waals surface area contributed by atoms with Gasteiger partial charge in [0.25, 0.3) is 0 Å². The summed E-state index contributed by atoms with van der Waals surface area (Å²) in [5.41, 5.74) is 6.02. The van der Waals surface area contributed by atoms with Crippen LogP contribution < -0.4 is 10.5 Å². The summed E-state index contributed by atoms with van der Waals surface area (Å²) >= 11 is 0. The molecule has 0 amide bonds. The summed E-state index contributed by atoms with van der Waals surface area (Å²) in [6, 6.07) is 8.64. The van der Waals surface area contributed by atoms with E-state index in [9.17, 15) is 4.79 Å². The lowest BCUT2D eigenvalue weighted by molar-refractivity contribution is -0.138. The van der Waals surface area contributed by atoms with Crippen LogP contribution in [0, 0.1) is 0 Å². The lowest BCUT2D eigenvalue weighted by atomic mass is 10.2. The normalized spacial score (nSPS) is 12.0. The van der Waals surface area contributed by atoms with E-state index in [4.69, 9.17) is 15.6 Å². The Labute approximate surface area is 122 Å². The van der Waals surface area contributed by atoms with Gasteiger partial charge in [-0.3, -0.25) is 9.48 Å². The van der Waals surface area contributed by atoms with Gasteiger partial charge in [0.15, 0.2) is 0 Å². The van der Waals surface area contributed by atoms with Crippen molar-refractivity contribution in [2.45, 2.75) is 25.4 Å². The van der Waals surface area contributed by atoms with Crippen molar-refractivity contribution < 1.29 is 14.6 Å². The second-order valence-corrected chi connectivity index (χ2v) is 4.64. The van der Waals surface area contributed by atoms with E-state index < -0.39 is 12.0 Å². The topological polar surface area (TPSA) is 103 Å². The van der Waals surface area contributed by atoms with E-state index in [-0.39, 0.29) is 6.42 Å². The fourth-order valence-electron chi connectivity index (χ4n) is 1.79. The number of rotatable bonds is 8. The molecule has 0 spiro atoms. The fourth-order valence-corrected chi connectivity index (χ4v) is 1.79. The highest BCUT2D eigenvalue weighted by molar-refractivity contribution is 5.73. The Morgan fingerprint density at radius 3 is 2.86 bits per heavy atom. The number of aliphatic carboxylic acids is 1. The Kier molecular flexibility index (Phi) is 5.28. The third-order valence-corrected chi connectivity index (χ3v) is 2.88. The highest BCUT2D eigenvalue weighted by Crippen LogP contribution is 2.08. The minimum atomic E-state index is -1.04. The number of carbonyl (C=O) groups is 1. The standard InChI is InChI=1S/C14H18N4O3/c15-13(14(19)20)9-11-10-18(17-16-11)7-4-8-21-12-5-2-1-3-6-12/h1-3,5-6,10,13H,4,7-9,15H2,(H,19,20). The van der Waals surface area contributed by atoms with Crippen molar-refractivity contribution in [3.63, 3.8) is 0 Å². The molecular weight excluding hydrogens is 272 g/mol. The van der Waals surface area contributed by atoms with Gasteiger partial charge >= 0.3 is 5.97 Å². The number of ether oxygens (including phenoxy) is 1. The molecule has 0 aliphatic carbocycles. The highest BCUT2D eigenvalue weighted by Gasteiger charge is 2.14. The summed E-state index contributed by atoms with van der Waals surface area (Å²) in [6.45, 7) is 1.23. The Morgan fingerprint density at radius 1 is 1.38 bits per heavy atom. The number of nitrogens with two attached hydrogens (primary N) is 1. The zero-order valence-electron chi connectivity index (χ0n) is 11.6. The molecule has 1 aromatic carbocycles. The predicted octanol–water partition coefficient (Wildman–Crippen LogP) is 0.702. The van der Waals surface area contributed by atoms with Gasteiger partial charge < -0.3 is 15.6 Å². The lowest BCUT2D eigenvalue weighted by Gasteiger charge is -2.05. The van der Waals surface area contributed by atoms with Crippen molar-refractivity contribution in [1.82, 2.24) is 15.0 Å². The molecule has 21 heavy (non-hydrogen) atoms. The number of aromatic nitrogens is 3. The first-order valence-electron chi connectivity index (χ1n) is 6.70. The molecule has 7 nitrogen and oxygen atoms in total. The van der Waals surface area contributed by atoms with E-state index in [1.165, 1.54) is 0 Å². The number of hydrogen-bond acceptors (Lipinski definition) is 5. The van der Waals surface area contributed by atoms with Crippen molar-refractivity contribution in [2.75, 3.05) is 6.61 Å². The van der Waals surface area contributed by atoms with Gasteiger partial charge in [-0.1, -0.05) is 23.4 Å². The van der Waals surface area contributed by atoms with Crippen LogP contribution in [-0.4, -0.2) is 38.7 Å². The van der Waals surface area contributed by atoms with Crippen LogP contribution in [0.2, 0.25) is 0 Å². The van der Waals surface area contributed by atoms with Gasteiger partial charge in [0.2, 0.25) is 0 Å². The van der Waals surface area contributed by atoms with E-state index >= 15 is 0 Å². The number of aryl methyl sites for hydroxylation is 1. The Bertz CT molecular complexity index is 571. The molecule has 112 valence electrons. The number of nitrogens with zero attached hydrogens (tertiary/aromatic N) is 3.